The number of hydrogen-bond acceptors (Lipinski definition) is 4. The first-order valence-corrected chi connectivity index (χ1v) is 9.79. The lowest BCUT2D eigenvalue weighted by molar-refractivity contribution is -0.347. The van der Waals surface area contributed by atoms with E-state index in [-0.39, 0.29) is 25.0 Å². The van der Waals surface area contributed by atoms with Gasteiger partial charge in [0.25, 0.3) is 5.92 Å². The van der Waals surface area contributed by atoms with Crippen molar-refractivity contribution in [2.45, 2.75) is 42.7 Å². The molecule has 2 bridgehead atoms. The Morgan fingerprint density at radius 3 is 2.29 bits per heavy atom. The number of benzene rings is 2. The maximum atomic E-state index is 16.0. The fourth-order valence-corrected chi connectivity index (χ4v) is 5.41. The van der Waals surface area contributed by atoms with Crippen LogP contribution in [0.15, 0.2) is 55.1 Å². The van der Waals surface area contributed by atoms with E-state index in [0.29, 0.717) is 6.07 Å². The first kappa shape index (κ1) is 20.0. The van der Waals surface area contributed by atoms with Crippen LogP contribution in [0.5, 0.6) is 5.75 Å². The number of phenolic OH excluding ortho intramolecular Hbond substituents is 1. The van der Waals surface area contributed by atoms with Crippen LogP contribution in [0.2, 0.25) is 0 Å². The Morgan fingerprint density at radius 1 is 1.03 bits per heavy atom. The molecule has 0 saturated heterocycles. The van der Waals surface area contributed by atoms with Crippen LogP contribution in [-0.2, 0) is 17.6 Å². The van der Waals surface area contributed by atoms with Crippen LogP contribution in [0.4, 0.5) is 17.6 Å². The van der Waals surface area contributed by atoms with Crippen molar-refractivity contribution in [1.29, 1.82) is 0 Å². The molecule has 0 unspecified atom stereocenters. The summed E-state index contributed by atoms with van der Waals surface area (Å²) in [4.78, 5) is 3.70. The molecule has 2 aromatic carbocycles. The van der Waals surface area contributed by atoms with Crippen LogP contribution in [0.3, 0.4) is 0 Å². The predicted octanol–water partition coefficient (Wildman–Crippen LogP) is 3.91. The molecule has 0 amide bonds. The van der Waals surface area contributed by atoms with E-state index in [9.17, 15) is 19.0 Å². The number of alkyl halides is 2. The van der Waals surface area contributed by atoms with Crippen LogP contribution in [0.1, 0.15) is 30.4 Å². The van der Waals surface area contributed by atoms with E-state index in [1.807, 2.05) is 0 Å². The predicted molar refractivity (Wildman–Crippen MR) is 101 cm³/mol. The molecule has 0 aliphatic heterocycles. The van der Waals surface area contributed by atoms with Crippen molar-refractivity contribution < 1.29 is 27.8 Å². The fraction of sp³-hybridized carbons (Fsp3) is 0.364. The van der Waals surface area contributed by atoms with Gasteiger partial charge in [-0.05, 0) is 54.5 Å². The molecule has 0 radical (unpaired) electrons. The second kappa shape index (κ2) is 6.29. The highest BCUT2D eigenvalue weighted by Gasteiger charge is 2.82. The minimum Gasteiger partial charge on any atom is -0.508 e. The van der Waals surface area contributed by atoms with Crippen LogP contribution in [-0.4, -0.2) is 30.9 Å². The second-order valence-electron chi connectivity index (χ2n) is 8.79. The van der Waals surface area contributed by atoms with E-state index in [1.165, 1.54) is 12.1 Å². The molecule has 1 heterocycles. The third-order valence-corrected chi connectivity index (χ3v) is 6.93. The van der Waals surface area contributed by atoms with Gasteiger partial charge in [-0.3, -0.25) is 0 Å². The van der Waals surface area contributed by atoms with Crippen LogP contribution >= 0.6 is 0 Å². The first-order valence-electron chi connectivity index (χ1n) is 9.79. The van der Waals surface area contributed by atoms with Crippen LogP contribution in [0, 0.1) is 17.0 Å². The largest absolute Gasteiger partial charge is 0.508 e. The number of aliphatic hydroxyl groups is 1. The third-order valence-electron chi connectivity index (χ3n) is 6.93. The standard InChI is InChI=1S/C22H19F4N3O2/c23-15-3-6-17(18(24)7-15)21(31,11-29-13-27-12-28-29)22(25,26)20-8-19(9-20,10-20)14-1-4-16(30)5-2-14/h1-7,12-13,30-31H,8-11H2/t19?,20?,21-/m1/s1. The molecular weight excluding hydrogens is 414 g/mol. The van der Waals surface area contributed by atoms with E-state index in [4.69, 9.17) is 0 Å². The topological polar surface area (TPSA) is 71.2 Å². The summed E-state index contributed by atoms with van der Waals surface area (Å²) in [5, 5.41) is 24.6. The average molecular weight is 433 g/mol. The Balaban J connectivity index is 1.52. The lowest BCUT2D eigenvalue weighted by Gasteiger charge is -2.74. The summed E-state index contributed by atoms with van der Waals surface area (Å²) < 4.78 is 61.1. The number of hydrogen-bond donors (Lipinski definition) is 2. The molecule has 2 N–H and O–H groups in total. The Kier molecular flexibility index (Phi) is 4.05. The van der Waals surface area contributed by atoms with E-state index in [0.717, 1.165) is 35.0 Å². The molecule has 3 aromatic rings. The van der Waals surface area contributed by atoms with Gasteiger partial charge in [0.1, 0.15) is 30.0 Å². The summed E-state index contributed by atoms with van der Waals surface area (Å²) in [6, 6.07) is 8.62. The van der Waals surface area contributed by atoms with Crippen molar-refractivity contribution in [3.05, 3.63) is 77.9 Å². The van der Waals surface area contributed by atoms with Gasteiger partial charge in [-0.1, -0.05) is 12.1 Å². The molecule has 3 aliphatic carbocycles. The molecule has 0 spiro atoms. The molecule has 5 nitrogen and oxygen atoms in total. The maximum Gasteiger partial charge on any atom is 0.287 e. The molecule has 162 valence electrons. The lowest BCUT2D eigenvalue weighted by Crippen LogP contribution is -2.76. The Labute approximate surface area is 175 Å². The number of aromatic hydroxyl groups is 1. The number of aromatic nitrogens is 3. The van der Waals surface area contributed by atoms with Crippen LogP contribution in [0.25, 0.3) is 0 Å². The smallest absolute Gasteiger partial charge is 0.287 e. The van der Waals surface area contributed by atoms with Gasteiger partial charge in [0.05, 0.1) is 6.54 Å². The van der Waals surface area contributed by atoms with Crippen LogP contribution < -0.4 is 0 Å². The van der Waals surface area contributed by atoms with Crippen molar-refractivity contribution in [3.63, 3.8) is 0 Å². The summed E-state index contributed by atoms with van der Waals surface area (Å²) in [6.07, 6.45) is 2.61. The van der Waals surface area contributed by atoms with Gasteiger partial charge >= 0.3 is 0 Å². The first-order chi connectivity index (χ1) is 14.6. The van der Waals surface area contributed by atoms with Crippen molar-refractivity contribution in [3.8, 4) is 5.75 Å². The third kappa shape index (κ3) is 2.65. The van der Waals surface area contributed by atoms with Gasteiger partial charge < -0.3 is 10.2 Å². The van der Waals surface area contributed by atoms with Crippen molar-refractivity contribution >= 4 is 0 Å². The minimum absolute atomic E-state index is 0.0874. The Morgan fingerprint density at radius 2 is 1.71 bits per heavy atom. The molecule has 3 aliphatic rings. The Hall–Kier alpha value is -2.94. The average Bonchev–Trinajstić information content (AvgIpc) is 3.13. The highest BCUT2D eigenvalue weighted by atomic mass is 19.3. The molecule has 3 saturated carbocycles. The van der Waals surface area contributed by atoms with Gasteiger partial charge in [-0.2, -0.15) is 5.10 Å². The quantitative estimate of drug-likeness (QED) is 0.579. The van der Waals surface area contributed by atoms with Crippen molar-refractivity contribution in [2.75, 3.05) is 0 Å². The fourth-order valence-electron chi connectivity index (χ4n) is 5.41. The number of rotatable bonds is 6. The van der Waals surface area contributed by atoms with E-state index < -0.39 is 46.1 Å². The van der Waals surface area contributed by atoms with E-state index >= 15 is 8.78 Å². The molecule has 31 heavy (non-hydrogen) atoms. The number of halogens is 4. The summed E-state index contributed by atoms with van der Waals surface area (Å²) in [7, 11) is 0. The highest BCUT2D eigenvalue weighted by Crippen LogP contribution is 2.80. The summed E-state index contributed by atoms with van der Waals surface area (Å²) in [6.45, 7) is -0.740. The van der Waals surface area contributed by atoms with E-state index in [1.54, 1.807) is 12.1 Å². The molecule has 1 aromatic heterocycles. The molecular formula is C22H19F4N3O2. The monoisotopic (exact) mass is 433 g/mol. The summed E-state index contributed by atoms with van der Waals surface area (Å²) in [5.74, 6) is -5.82. The highest BCUT2D eigenvalue weighted by molar-refractivity contribution is 5.44. The zero-order chi connectivity index (χ0) is 22.1. The number of nitrogens with zero attached hydrogens (tertiary/aromatic N) is 3. The van der Waals surface area contributed by atoms with Gasteiger partial charge in [0.15, 0.2) is 5.60 Å². The zero-order valence-electron chi connectivity index (χ0n) is 16.3. The van der Waals surface area contributed by atoms with Gasteiger partial charge in [0, 0.05) is 17.0 Å². The van der Waals surface area contributed by atoms with Gasteiger partial charge in [0.2, 0.25) is 0 Å². The number of phenols is 1. The molecule has 9 heteroatoms. The van der Waals surface area contributed by atoms with Crippen molar-refractivity contribution in [2.24, 2.45) is 5.41 Å². The maximum absolute atomic E-state index is 16.0. The minimum atomic E-state index is -3.73. The van der Waals surface area contributed by atoms with Gasteiger partial charge in [-0.15, -0.1) is 0 Å². The second-order valence-corrected chi connectivity index (χ2v) is 8.79. The van der Waals surface area contributed by atoms with E-state index in [2.05, 4.69) is 10.1 Å². The van der Waals surface area contributed by atoms with Gasteiger partial charge in [-0.25, -0.2) is 27.2 Å². The normalized spacial score (nSPS) is 26.6. The van der Waals surface area contributed by atoms with Crippen molar-refractivity contribution in [1.82, 2.24) is 14.8 Å². The molecule has 3 fully saturated rings. The SMILES string of the molecule is Oc1ccc(C23CC(C(F)(F)[C@@](O)(Cn4cncn4)c4ccc(F)cc4F)(C2)C3)cc1. The molecule has 6 rings (SSSR count). The summed E-state index contributed by atoms with van der Waals surface area (Å²) >= 11 is 0. The lowest BCUT2D eigenvalue weighted by atomic mass is 9.30. The summed E-state index contributed by atoms with van der Waals surface area (Å²) in [5.41, 5.74) is -4.78. The zero-order valence-corrected chi connectivity index (χ0v) is 16.3. The molecule has 1 atom stereocenters. The Bertz CT molecular complexity index is 1110.